The second kappa shape index (κ2) is 4.61. The van der Waals surface area contributed by atoms with Gasteiger partial charge in [-0.05, 0) is 19.4 Å². The van der Waals surface area contributed by atoms with E-state index < -0.39 is 0 Å². The molecule has 0 atom stereocenters. The van der Waals surface area contributed by atoms with Crippen molar-refractivity contribution in [3.8, 4) is 0 Å². The lowest BCUT2D eigenvalue weighted by molar-refractivity contribution is -0.117. The maximum absolute atomic E-state index is 11.2. The summed E-state index contributed by atoms with van der Waals surface area (Å²) in [7, 11) is 0. The Hall–Kier alpha value is -1.57. The van der Waals surface area contributed by atoms with Gasteiger partial charge in [-0.1, -0.05) is 36.4 Å². The molecular formula is C12H15NO. The summed E-state index contributed by atoms with van der Waals surface area (Å²) in [5, 5.41) is 2.78. The van der Waals surface area contributed by atoms with Gasteiger partial charge in [-0.25, -0.2) is 0 Å². The third-order valence-electron chi connectivity index (χ3n) is 1.96. The Balaban J connectivity index is 2.50. The van der Waals surface area contributed by atoms with Gasteiger partial charge in [0.2, 0.25) is 5.91 Å². The van der Waals surface area contributed by atoms with Crippen LogP contribution >= 0.6 is 0 Å². The van der Waals surface area contributed by atoms with Crippen molar-refractivity contribution < 1.29 is 4.79 Å². The molecule has 1 amide bonds. The summed E-state index contributed by atoms with van der Waals surface area (Å²) in [5.41, 5.74) is 2.86. The minimum Gasteiger partial charge on any atom is -0.348 e. The van der Waals surface area contributed by atoms with E-state index in [0.29, 0.717) is 12.1 Å². The maximum Gasteiger partial charge on any atom is 0.246 e. The van der Waals surface area contributed by atoms with Crippen LogP contribution in [0.25, 0.3) is 0 Å². The minimum atomic E-state index is -0.0921. The largest absolute Gasteiger partial charge is 0.348 e. The molecule has 1 aromatic rings. The lowest BCUT2D eigenvalue weighted by Gasteiger charge is -2.04. The molecule has 14 heavy (non-hydrogen) atoms. The zero-order valence-corrected chi connectivity index (χ0v) is 8.63. The van der Waals surface area contributed by atoms with Gasteiger partial charge in [0.1, 0.15) is 0 Å². The molecule has 0 spiro atoms. The molecule has 0 saturated heterocycles. The SMILES string of the molecule is C=C(C)C(=O)NCc1ccc(C)cc1. The van der Waals surface area contributed by atoms with Crippen molar-refractivity contribution >= 4 is 5.91 Å². The van der Waals surface area contributed by atoms with Crippen LogP contribution < -0.4 is 5.32 Å². The van der Waals surface area contributed by atoms with Crippen LogP contribution in [-0.2, 0) is 11.3 Å². The summed E-state index contributed by atoms with van der Waals surface area (Å²) in [5.74, 6) is -0.0921. The van der Waals surface area contributed by atoms with E-state index in [1.807, 2.05) is 31.2 Å². The molecule has 1 rings (SSSR count). The van der Waals surface area contributed by atoms with Crippen molar-refractivity contribution in [3.63, 3.8) is 0 Å². The van der Waals surface area contributed by atoms with Crippen molar-refractivity contribution in [3.05, 3.63) is 47.5 Å². The standard InChI is InChI=1S/C12H15NO/c1-9(2)12(14)13-8-11-6-4-10(3)5-7-11/h4-7H,1,8H2,2-3H3,(H,13,14). The first-order valence-electron chi connectivity index (χ1n) is 4.59. The Kier molecular flexibility index (Phi) is 3.46. The first-order valence-corrected chi connectivity index (χ1v) is 4.59. The topological polar surface area (TPSA) is 29.1 Å². The van der Waals surface area contributed by atoms with Gasteiger partial charge in [-0.15, -0.1) is 0 Å². The first-order chi connectivity index (χ1) is 6.59. The Bertz CT molecular complexity index is 338. The van der Waals surface area contributed by atoms with Crippen LogP contribution in [0.2, 0.25) is 0 Å². The van der Waals surface area contributed by atoms with E-state index in [9.17, 15) is 4.79 Å². The number of aryl methyl sites for hydroxylation is 1. The highest BCUT2D eigenvalue weighted by molar-refractivity contribution is 5.91. The molecule has 0 unspecified atom stereocenters. The first kappa shape index (κ1) is 10.5. The van der Waals surface area contributed by atoms with E-state index in [4.69, 9.17) is 0 Å². The molecule has 0 aliphatic carbocycles. The fraction of sp³-hybridized carbons (Fsp3) is 0.250. The van der Waals surface area contributed by atoms with Gasteiger partial charge in [0, 0.05) is 12.1 Å². The Labute approximate surface area is 84.6 Å². The van der Waals surface area contributed by atoms with Crippen LogP contribution in [0.3, 0.4) is 0 Å². The predicted molar refractivity (Wildman–Crippen MR) is 57.8 cm³/mol. The highest BCUT2D eigenvalue weighted by atomic mass is 16.1. The van der Waals surface area contributed by atoms with Crippen molar-refractivity contribution in [2.24, 2.45) is 0 Å². The Morgan fingerprint density at radius 3 is 2.43 bits per heavy atom. The normalized spacial score (nSPS) is 9.57. The predicted octanol–water partition coefficient (Wildman–Crippen LogP) is 2.19. The van der Waals surface area contributed by atoms with E-state index in [-0.39, 0.29) is 5.91 Å². The molecule has 2 heteroatoms. The van der Waals surface area contributed by atoms with Crippen LogP contribution in [0, 0.1) is 6.92 Å². The van der Waals surface area contributed by atoms with E-state index >= 15 is 0 Å². The highest BCUT2D eigenvalue weighted by Gasteiger charge is 2.00. The van der Waals surface area contributed by atoms with Crippen molar-refractivity contribution in [1.82, 2.24) is 5.32 Å². The summed E-state index contributed by atoms with van der Waals surface area (Å²) in [6.45, 7) is 7.87. The quantitative estimate of drug-likeness (QED) is 0.725. The molecule has 74 valence electrons. The van der Waals surface area contributed by atoms with E-state index in [1.165, 1.54) is 5.56 Å². The monoisotopic (exact) mass is 189 g/mol. The van der Waals surface area contributed by atoms with Crippen LogP contribution in [0.1, 0.15) is 18.1 Å². The van der Waals surface area contributed by atoms with Gasteiger partial charge >= 0.3 is 0 Å². The van der Waals surface area contributed by atoms with Crippen molar-refractivity contribution in [2.75, 3.05) is 0 Å². The molecule has 2 nitrogen and oxygen atoms in total. The van der Waals surface area contributed by atoms with Gasteiger partial charge in [0.25, 0.3) is 0 Å². The Morgan fingerprint density at radius 2 is 1.93 bits per heavy atom. The zero-order chi connectivity index (χ0) is 10.6. The number of hydrogen-bond acceptors (Lipinski definition) is 1. The molecule has 0 bridgehead atoms. The van der Waals surface area contributed by atoms with Crippen LogP contribution in [0.15, 0.2) is 36.4 Å². The van der Waals surface area contributed by atoms with Gasteiger partial charge in [0.05, 0.1) is 0 Å². The lowest BCUT2D eigenvalue weighted by atomic mass is 10.1. The third kappa shape index (κ3) is 3.05. The average Bonchev–Trinajstić information content (AvgIpc) is 2.16. The second-order valence-electron chi connectivity index (χ2n) is 3.45. The number of amides is 1. The summed E-state index contributed by atoms with van der Waals surface area (Å²) >= 11 is 0. The van der Waals surface area contributed by atoms with Gasteiger partial charge in [0.15, 0.2) is 0 Å². The molecule has 0 aromatic heterocycles. The smallest absolute Gasteiger partial charge is 0.246 e. The van der Waals surface area contributed by atoms with Crippen LogP contribution in [0.4, 0.5) is 0 Å². The van der Waals surface area contributed by atoms with Crippen molar-refractivity contribution in [2.45, 2.75) is 20.4 Å². The second-order valence-corrected chi connectivity index (χ2v) is 3.45. The summed E-state index contributed by atoms with van der Waals surface area (Å²) in [6, 6.07) is 8.08. The fourth-order valence-corrected chi connectivity index (χ4v) is 1.04. The summed E-state index contributed by atoms with van der Waals surface area (Å²) in [4.78, 5) is 11.2. The van der Waals surface area contributed by atoms with E-state index in [1.54, 1.807) is 6.92 Å². The number of carbonyl (C=O) groups is 1. The van der Waals surface area contributed by atoms with Crippen molar-refractivity contribution in [1.29, 1.82) is 0 Å². The van der Waals surface area contributed by atoms with Crippen LogP contribution in [0.5, 0.6) is 0 Å². The van der Waals surface area contributed by atoms with Gasteiger partial charge < -0.3 is 5.32 Å². The molecule has 0 saturated carbocycles. The summed E-state index contributed by atoms with van der Waals surface area (Å²) < 4.78 is 0. The number of nitrogens with one attached hydrogen (secondary N) is 1. The zero-order valence-electron chi connectivity index (χ0n) is 8.63. The number of hydrogen-bond donors (Lipinski definition) is 1. The highest BCUT2D eigenvalue weighted by Crippen LogP contribution is 2.02. The lowest BCUT2D eigenvalue weighted by Crippen LogP contribution is -2.22. The molecule has 0 radical (unpaired) electrons. The maximum atomic E-state index is 11.2. The minimum absolute atomic E-state index is 0.0921. The molecular weight excluding hydrogens is 174 g/mol. The molecule has 0 aliphatic rings. The number of rotatable bonds is 3. The number of benzene rings is 1. The summed E-state index contributed by atoms with van der Waals surface area (Å²) in [6.07, 6.45) is 0. The van der Waals surface area contributed by atoms with E-state index in [0.717, 1.165) is 5.56 Å². The third-order valence-corrected chi connectivity index (χ3v) is 1.96. The van der Waals surface area contributed by atoms with E-state index in [2.05, 4.69) is 11.9 Å². The van der Waals surface area contributed by atoms with Crippen LogP contribution in [-0.4, -0.2) is 5.91 Å². The Morgan fingerprint density at radius 1 is 1.36 bits per heavy atom. The molecule has 0 heterocycles. The molecule has 1 N–H and O–H groups in total. The van der Waals surface area contributed by atoms with Gasteiger partial charge in [-0.3, -0.25) is 4.79 Å². The molecule has 0 aliphatic heterocycles. The number of carbonyl (C=O) groups excluding carboxylic acids is 1. The fourth-order valence-electron chi connectivity index (χ4n) is 1.04. The molecule has 0 fully saturated rings. The molecule has 1 aromatic carbocycles. The van der Waals surface area contributed by atoms with Gasteiger partial charge in [-0.2, -0.15) is 0 Å². The average molecular weight is 189 g/mol.